The Morgan fingerprint density at radius 2 is 1.47 bits per heavy atom. The minimum Gasteiger partial charge on any atom is -0.338 e. The lowest BCUT2D eigenvalue weighted by Gasteiger charge is -2.34. The number of fused-ring (bicyclic) bond motifs is 1. The molecule has 3 aliphatic rings. The molecule has 2 atom stereocenters. The third kappa shape index (κ3) is 3.83. The van der Waals surface area contributed by atoms with Crippen LogP contribution >= 0.6 is 15.9 Å². The molecule has 1 aromatic carbocycles. The van der Waals surface area contributed by atoms with E-state index in [2.05, 4.69) is 15.9 Å². The maximum absolute atomic E-state index is 12.8. The van der Waals surface area contributed by atoms with Crippen LogP contribution < -0.4 is 0 Å². The average molecular weight is 496 g/mol. The van der Waals surface area contributed by atoms with Gasteiger partial charge in [0, 0.05) is 30.7 Å². The molecule has 0 radical (unpaired) electrons. The van der Waals surface area contributed by atoms with Crippen LogP contribution in [-0.2, 0) is 24.4 Å². The van der Waals surface area contributed by atoms with E-state index in [1.807, 2.05) is 12.2 Å². The first-order valence-corrected chi connectivity index (χ1v) is 12.1. The molecule has 2 fully saturated rings. The highest BCUT2D eigenvalue weighted by Gasteiger charge is 2.48. The molecule has 4 rings (SSSR count). The zero-order valence-corrected chi connectivity index (χ0v) is 18.6. The van der Waals surface area contributed by atoms with Crippen molar-refractivity contribution in [3.8, 4) is 0 Å². The molecule has 30 heavy (non-hydrogen) atoms. The van der Waals surface area contributed by atoms with Gasteiger partial charge in [-0.05, 0) is 37.1 Å². The Morgan fingerprint density at radius 1 is 0.933 bits per heavy atom. The second-order valence-corrected chi connectivity index (χ2v) is 10.5. The standard InChI is InChI=1S/C20H22BrN3O5S/c21-14-5-7-15(8-6-14)30(28,29)23-11-9-22(10-12-23)18(25)13-24-19(26)16-3-1-2-4-17(16)20(24)27/h1-2,5-8,16-17H,3-4,9-13H2. The molecule has 0 bridgehead atoms. The van der Waals surface area contributed by atoms with Crippen molar-refractivity contribution in [2.24, 2.45) is 11.8 Å². The first-order chi connectivity index (χ1) is 14.3. The van der Waals surface area contributed by atoms with Gasteiger partial charge in [-0.15, -0.1) is 0 Å². The highest BCUT2D eigenvalue weighted by molar-refractivity contribution is 9.10. The smallest absolute Gasteiger partial charge is 0.243 e. The molecular formula is C20H22BrN3O5S. The van der Waals surface area contributed by atoms with Gasteiger partial charge in [-0.25, -0.2) is 8.42 Å². The number of hydrogen-bond donors (Lipinski definition) is 0. The fraction of sp³-hybridized carbons (Fsp3) is 0.450. The summed E-state index contributed by atoms with van der Waals surface area (Å²) in [7, 11) is -3.63. The van der Waals surface area contributed by atoms with E-state index in [1.54, 1.807) is 12.1 Å². The molecule has 8 nitrogen and oxygen atoms in total. The maximum Gasteiger partial charge on any atom is 0.243 e. The third-order valence-corrected chi connectivity index (χ3v) is 8.38. The number of likely N-dealkylation sites (tertiary alicyclic amines) is 1. The van der Waals surface area contributed by atoms with Crippen LogP contribution in [0.15, 0.2) is 45.8 Å². The summed E-state index contributed by atoms with van der Waals surface area (Å²) < 4.78 is 27.7. The van der Waals surface area contributed by atoms with Crippen molar-refractivity contribution in [1.29, 1.82) is 0 Å². The number of sulfonamides is 1. The minimum absolute atomic E-state index is 0.168. The van der Waals surface area contributed by atoms with Gasteiger partial charge in [-0.2, -0.15) is 4.31 Å². The number of amides is 3. The number of rotatable bonds is 4. The lowest BCUT2D eigenvalue weighted by molar-refractivity contribution is -0.147. The van der Waals surface area contributed by atoms with Crippen LogP contribution in [-0.4, -0.2) is 73.0 Å². The highest BCUT2D eigenvalue weighted by atomic mass is 79.9. The van der Waals surface area contributed by atoms with Crippen LogP contribution in [0.5, 0.6) is 0 Å². The predicted octanol–water partition coefficient (Wildman–Crippen LogP) is 1.23. The number of carbonyl (C=O) groups is 3. The Hall–Kier alpha value is -2.04. The van der Waals surface area contributed by atoms with E-state index in [-0.39, 0.29) is 67.2 Å². The fourth-order valence-electron chi connectivity index (χ4n) is 4.19. The summed E-state index contributed by atoms with van der Waals surface area (Å²) in [6.07, 6.45) is 4.88. The zero-order chi connectivity index (χ0) is 21.5. The second kappa shape index (κ2) is 8.24. The molecule has 3 amide bonds. The second-order valence-electron chi connectivity index (χ2n) is 7.66. The summed E-state index contributed by atoms with van der Waals surface area (Å²) in [5.41, 5.74) is 0. The van der Waals surface area contributed by atoms with Gasteiger partial charge >= 0.3 is 0 Å². The van der Waals surface area contributed by atoms with Crippen LogP contribution in [0.1, 0.15) is 12.8 Å². The van der Waals surface area contributed by atoms with E-state index in [9.17, 15) is 22.8 Å². The van der Waals surface area contributed by atoms with Crippen LogP contribution in [0, 0.1) is 11.8 Å². The SMILES string of the molecule is O=C(CN1C(=O)C2CC=CCC2C1=O)N1CCN(S(=O)(=O)c2ccc(Br)cc2)CC1. The number of benzene rings is 1. The Bertz CT molecular complexity index is 974. The van der Waals surface area contributed by atoms with Gasteiger partial charge in [0.1, 0.15) is 6.54 Å². The number of hydrogen-bond acceptors (Lipinski definition) is 5. The zero-order valence-electron chi connectivity index (χ0n) is 16.2. The van der Waals surface area contributed by atoms with Gasteiger partial charge in [-0.1, -0.05) is 28.1 Å². The van der Waals surface area contributed by atoms with E-state index in [4.69, 9.17) is 0 Å². The normalized spacial score (nSPS) is 25.0. The van der Waals surface area contributed by atoms with Crippen LogP contribution in [0.3, 0.4) is 0 Å². The molecule has 2 aliphatic heterocycles. The van der Waals surface area contributed by atoms with Crippen LogP contribution in [0.2, 0.25) is 0 Å². The molecular weight excluding hydrogens is 474 g/mol. The van der Waals surface area contributed by atoms with Crippen molar-refractivity contribution in [3.05, 3.63) is 40.9 Å². The topological polar surface area (TPSA) is 95.1 Å². The molecule has 1 aliphatic carbocycles. The molecule has 10 heteroatoms. The molecule has 2 unspecified atom stereocenters. The predicted molar refractivity (Wildman–Crippen MR) is 112 cm³/mol. The molecule has 0 spiro atoms. The molecule has 0 N–H and O–H groups in total. The Morgan fingerprint density at radius 3 is 2.00 bits per heavy atom. The number of nitrogens with zero attached hydrogens (tertiary/aromatic N) is 3. The first-order valence-electron chi connectivity index (χ1n) is 9.83. The number of allylic oxidation sites excluding steroid dienone is 2. The molecule has 0 aromatic heterocycles. The fourth-order valence-corrected chi connectivity index (χ4v) is 5.88. The Kier molecular flexibility index (Phi) is 5.82. The number of piperazine rings is 1. The molecule has 1 aromatic rings. The largest absolute Gasteiger partial charge is 0.338 e. The van der Waals surface area contributed by atoms with Crippen molar-refractivity contribution < 1.29 is 22.8 Å². The Balaban J connectivity index is 1.36. The third-order valence-electron chi connectivity index (χ3n) is 5.93. The van der Waals surface area contributed by atoms with E-state index >= 15 is 0 Å². The van der Waals surface area contributed by atoms with Crippen LogP contribution in [0.25, 0.3) is 0 Å². The summed E-state index contributed by atoms with van der Waals surface area (Å²) in [5, 5.41) is 0. The van der Waals surface area contributed by atoms with E-state index in [1.165, 1.54) is 21.3 Å². The summed E-state index contributed by atoms with van der Waals surface area (Å²) in [4.78, 5) is 40.6. The molecule has 2 heterocycles. The van der Waals surface area contributed by atoms with Crippen molar-refractivity contribution in [1.82, 2.24) is 14.1 Å². The quantitative estimate of drug-likeness (QED) is 0.462. The van der Waals surface area contributed by atoms with Crippen LogP contribution in [0.4, 0.5) is 0 Å². The summed E-state index contributed by atoms with van der Waals surface area (Å²) in [6.45, 7) is 0.505. The first kappa shape index (κ1) is 21.2. The van der Waals surface area contributed by atoms with E-state index in [0.717, 1.165) is 9.37 Å². The summed E-state index contributed by atoms with van der Waals surface area (Å²) >= 11 is 3.29. The van der Waals surface area contributed by atoms with Gasteiger partial charge in [-0.3, -0.25) is 19.3 Å². The van der Waals surface area contributed by atoms with Crippen molar-refractivity contribution in [3.63, 3.8) is 0 Å². The number of carbonyl (C=O) groups excluding carboxylic acids is 3. The highest BCUT2D eigenvalue weighted by Crippen LogP contribution is 2.35. The van der Waals surface area contributed by atoms with Gasteiger partial charge in [0.15, 0.2) is 0 Å². The van der Waals surface area contributed by atoms with Gasteiger partial charge in [0.25, 0.3) is 0 Å². The van der Waals surface area contributed by atoms with E-state index < -0.39 is 10.0 Å². The molecule has 2 saturated heterocycles. The monoisotopic (exact) mass is 495 g/mol. The Labute approximate surface area is 183 Å². The number of halogens is 1. The minimum atomic E-state index is -3.63. The van der Waals surface area contributed by atoms with Gasteiger partial charge < -0.3 is 4.90 Å². The van der Waals surface area contributed by atoms with Gasteiger partial charge in [0.05, 0.1) is 16.7 Å². The lowest BCUT2D eigenvalue weighted by Crippen LogP contribution is -2.53. The molecule has 160 valence electrons. The lowest BCUT2D eigenvalue weighted by atomic mass is 9.85. The maximum atomic E-state index is 12.8. The summed E-state index contributed by atoms with van der Waals surface area (Å²) in [6, 6.07) is 6.42. The van der Waals surface area contributed by atoms with Crippen molar-refractivity contribution >= 4 is 43.7 Å². The van der Waals surface area contributed by atoms with Gasteiger partial charge in [0.2, 0.25) is 27.7 Å². The average Bonchev–Trinajstić information content (AvgIpc) is 2.99. The van der Waals surface area contributed by atoms with Crippen molar-refractivity contribution in [2.45, 2.75) is 17.7 Å². The summed E-state index contributed by atoms with van der Waals surface area (Å²) in [5.74, 6) is -1.60. The number of imide groups is 1. The molecule has 0 saturated carbocycles. The van der Waals surface area contributed by atoms with E-state index in [0.29, 0.717) is 12.8 Å². The van der Waals surface area contributed by atoms with Crippen molar-refractivity contribution in [2.75, 3.05) is 32.7 Å².